The molecule has 0 aliphatic heterocycles. The van der Waals surface area contributed by atoms with Gasteiger partial charge in [-0.3, -0.25) is 14.4 Å². The van der Waals surface area contributed by atoms with E-state index in [1.807, 2.05) is 0 Å². The number of hydrogen-bond donors (Lipinski definition) is 4. The zero-order valence-electron chi connectivity index (χ0n) is 11.6. The first-order valence-corrected chi connectivity index (χ1v) is 6.64. The Morgan fingerprint density at radius 2 is 1.67 bits per heavy atom. The SMILES string of the molecule is NC(=O)CN(CC(N)=O)C(=O)NC1CCCC(C(=O)O)C1. The summed E-state index contributed by atoms with van der Waals surface area (Å²) >= 11 is 0. The number of carbonyl (C=O) groups excluding carboxylic acids is 3. The zero-order valence-corrected chi connectivity index (χ0v) is 11.6. The lowest BCUT2D eigenvalue weighted by atomic mass is 9.86. The Morgan fingerprint density at radius 1 is 1.10 bits per heavy atom. The van der Waals surface area contributed by atoms with Crippen molar-refractivity contribution in [3.8, 4) is 0 Å². The average Bonchev–Trinajstić information content (AvgIpc) is 2.37. The van der Waals surface area contributed by atoms with E-state index in [1.165, 1.54) is 0 Å². The van der Waals surface area contributed by atoms with Gasteiger partial charge in [0.05, 0.1) is 5.92 Å². The number of rotatable bonds is 6. The molecule has 1 aliphatic carbocycles. The molecule has 0 heterocycles. The molecule has 0 aromatic carbocycles. The highest BCUT2D eigenvalue weighted by atomic mass is 16.4. The highest BCUT2D eigenvalue weighted by molar-refractivity contribution is 5.87. The number of hydrogen-bond acceptors (Lipinski definition) is 4. The molecule has 0 bridgehead atoms. The zero-order chi connectivity index (χ0) is 16.0. The maximum absolute atomic E-state index is 12.0. The summed E-state index contributed by atoms with van der Waals surface area (Å²) in [6, 6.07) is -0.959. The normalized spacial score (nSPS) is 21.3. The summed E-state index contributed by atoms with van der Waals surface area (Å²) < 4.78 is 0. The lowest BCUT2D eigenvalue weighted by molar-refractivity contribution is -0.143. The van der Waals surface area contributed by atoms with E-state index < -0.39 is 42.8 Å². The van der Waals surface area contributed by atoms with E-state index >= 15 is 0 Å². The highest BCUT2D eigenvalue weighted by Crippen LogP contribution is 2.24. The molecule has 9 nitrogen and oxygen atoms in total. The smallest absolute Gasteiger partial charge is 0.318 e. The summed E-state index contributed by atoms with van der Waals surface area (Å²) in [5, 5.41) is 11.6. The van der Waals surface area contributed by atoms with Gasteiger partial charge in [-0.25, -0.2) is 4.79 Å². The van der Waals surface area contributed by atoms with Gasteiger partial charge in [0.25, 0.3) is 0 Å². The second-order valence-electron chi connectivity index (χ2n) is 5.14. The van der Waals surface area contributed by atoms with Crippen LogP contribution in [0, 0.1) is 5.92 Å². The fourth-order valence-electron chi connectivity index (χ4n) is 2.39. The van der Waals surface area contributed by atoms with E-state index in [4.69, 9.17) is 16.6 Å². The van der Waals surface area contributed by atoms with Crippen LogP contribution in [0.3, 0.4) is 0 Å². The maximum atomic E-state index is 12.0. The standard InChI is InChI=1S/C12H20N4O5/c13-9(17)5-16(6-10(14)18)12(21)15-8-3-1-2-7(4-8)11(19)20/h7-8H,1-6H2,(H2,13,17)(H2,14,18)(H,15,21)(H,19,20). The van der Waals surface area contributed by atoms with Gasteiger partial charge in [0.2, 0.25) is 11.8 Å². The number of nitrogens with one attached hydrogen (secondary N) is 1. The van der Waals surface area contributed by atoms with E-state index in [9.17, 15) is 19.2 Å². The summed E-state index contributed by atoms with van der Waals surface area (Å²) in [4.78, 5) is 45.7. The minimum atomic E-state index is -0.889. The number of carbonyl (C=O) groups is 4. The molecule has 21 heavy (non-hydrogen) atoms. The third-order valence-electron chi connectivity index (χ3n) is 3.33. The fourth-order valence-corrected chi connectivity index (χ4v) is 2.39. The Morgan fingerprint density at radius 3 is 2.14 bits per heavy atom. The van der Waals surface area contributed by atoms with Crippen molar-refractivity contribution < 1.29 is 24.3 Å². The van der Waals surface area contributed by atoms with Crippen LogP contribution in [-0.4, -0.2) is 53.0 Å². The molecule has 1 saturated carbocycles. The van der Waals surface area contributed by atoms with Crippen LogP contribution in [0.15, 0.2) is 0 Å². The second-order valence-corrected chi connectivity index (χ2v) is 5.14. The molecule has 0 radical (unpaired) electrons. The first-order valence-electron chi connectivity index (χ1n) is 6.64. The van der Waals surface area contributed by atoms with Crippen molar-refractivity contribution in [1.29, 1.82) is 0 Å². The molecular formula is C12H20N4O5. The summed E-state index contributed by atoms with van der Waals surface area (Å²) in [5.41, 5.74) is 10.0. The van der Waals surface area contributed by atoms with E-state index in [0.29, 0.717) is 25.7 Å². The summed E-state index contributed by atoms with van der Waals surface area (Å²) in [6.45, 7) is -0.853. The quantitative estimate of drug-likeness (QED) is 0.475. The van der Waals surface area contributed by atoms with Crippen LogP contribution in [-0.2, 0) is 14.4 Å². The van der Waals surface area contributed by atoms with Gasteiger partial charge in [-0.15, -0.1) is 0 Å². The van der Waals surface area contributed by atoms with Crippen molar-refractivity contribution in [2.24, 2.45) is 17.4 Å². The Labute approximate surface area is 121 Å². The van der Waals surface area contributed by atoms with Crippen molar-refractivity contribution in [2.45, 2.75) is 31.7 Å². The third-order valence-corrected chi connectivity index (χ3v) is 3.33. The predicted molar refractivity (Wildman–Crippen MR) is 71.9 cm³/mol. The number of nitrogens with two attached hydrogens (primary N) is 2. The van der Waals surface area contributed by atoms with E-state index in [1.54, 1.807) is 0 Å². The minimum Gasteiger partial charge on any atom is -0.481 e. The number of primary amides is 2. The number of amides is 4. The minimum absolute atomic E-state index is 0.310. The fraction of sp³-hybridized carbons (Fsp3) is 0.667. The summed E-state index contributed by atoms with van der Waals surface area (Å²) in [7, 11) is 0. The monoisotopic (exact) mass is 300 g/mol. The molecule has 4 amide bonds. The number of aliphatic carboxylic acids is 1. The van der Waals surface area contributed by atoms with Gasteiger partial charge < -0.3 is 26.8 Å². The highest BCUT2D eigenvalue weighted by Gasteiger charge is 2.29. The van der Waals surface area contributed by atoms with Gasteiger partial charge in [0.15, 0.2) is 0 Å². The molecule has 0 aromatic heterocycles. The first kappa shape index (κ1) is 16.7. The topological polar surface area (TPSA) is 156 Å². The van der Waals surface area contributed by atoms with Crippen LogP contribution in [0.1, 0.15) is 25.7 Å². The number of carboxylic acids is 1. The molecule has 1 fully saturated rings. The lowest BCUT2D eigenvalue weighted by Crippen LogP contribution is -2.51. The molecule has 1 aliphatic rings. The van der Waals surface area contributed by atoms with Crippen molar-refractivity contribution in [2.75, 3.05) is 13.1 Å². The molecule has 0 spiro atoms. The first-order chi connectivity index (χ1) is 9.79. The van der Waals surface area contributed by atoms with Gasteiger partial charge in [-0.2, -0.15) is 0 Å². The molecule has 1 rings (SSSR count). The van der Waals surface area contributed by atoms with Gasteiger partial charge in [-0.1, -0.05) is 6.42 Å². The van der Waals surface area contributed by atoms with Crippen LogP contribution in [0.25, 0.3) is 0 Å². The molecular weight excluding hydrogens is 280 g/mol. The van der Waals surface area contributed by atoms with Crippen molar-refractivity contribution >= 4 is 23.8 Å². The molecule has 0 aromatic rings. The molecule has 118 valence electrons. The lowest BCUT2D eigenvalue weighted by Gasteiger charge is -2.29. The number of urea groups is 1. The molecule has 0 saturated heterocycles. The Balaban J connectivity index is 2.61. The van der Waals surface area contributed by atoms with E-state index in [0.717, 1.165) is 4.90 Å². The average molecular weight is 300 g/mol. The largest absolute Gasteiger partial charge is 0.481 e. The Hall–Kier alpha value is -2.32. The van der Waals surface area contributed by atoms with Crippen LogP contribution >= 0.6 is 0 Å². The van der Waals surface area contributed by atoms with Crippen molar-refractivity contribution in [3.05, 3.63) is 0 Å². The van der Waals surface area contributed by atoms with Crippen LogP contribution in [0.2, 0.25) is 0 Å². The third kappa shape index (κ3) is 5.67. The van der Waals surface area contributed by atoms with Crippen LogP contribution < -0.4 is 16.8 Å². The molecule has 6 N–H and O–H groups in total. The second kappa shape index (κ2) is 7.46. The summed E-state index contributed by atoms with van der Waals surface area (Å²) in [6.07, 6.45) is 2.24. The molecule has 9 heteroatoms. The van der Waals surface area contributed by atoms with Crippen LogP contribution in [0.4, 0.5) is 4.79 Å². The summed E-state index contributed by atoms with van der Waals surface area (Å²) in [5.74, 6) is -2.92. The van der Waals surface area contributed by atoms with Crippen molar-refractivity contribution in [1.82, 2.24) is 10.2 Å². The van der Waals surface area contributed by atoms with Crippen LogP contribution in [0.5, 0.6) is 0 Å². The molecule has 2 atom stereocenters. The Kier molecular flexibility index (Phi) is 5.94. The van der Waals surface area contributed by atoms with Gasteiger partial charge in [0, 0.05) is 6.04 Å². The predicted octanol–water partition coefficient (Wildman–Crippen LogP) is -1.39. The number of nitrogens with zero attached hydrogens (tertiary/aromatic N) is 1. The van der Waals surface area contributed by atoms with E-state index in [-0.39, 0.29) is 6.04 Å². The van der Waals surface area contributed by atoms with Crippen molar-refractivity contribution in [3.63, 3.8) is 0 Å². The maximum Gasteiger partial charge on any atom is 0.318 e. The van der Waals surface area contributed by atoms with Gasteiger partial charge in [-0.05, 0) is 19.3 Å². The van der Waals surface area contributed by atoms with Gasteiger partial charge >= 0.3 is 12.0 Å². The number of carboxylic acid groups (broad SMARTS) is 1. The molecule has 2 unspecified atom stereocenters. The Bertz CT molecular complexity index is 423. The van der Waals surface area contributed by atoms with E-state index in [2.05, 4.69) is 5.32 Å². The van der Waals surface area contributed by atoms with Gasteiger partial charge in [0.1, 0.15) is 13.1 Å².